The molecule has 0 aliphatic carbocycles. The summed E-state index contributed by atoms with van der Waals surface area (Å²) in [5.74, 6) is 0.480. The number of likely N-dealkylation sites (tertiary alicyclic amines) is 1. The Bertz CT molecular complexity index is 449. The number of methoxy groups -OCH3 is 1. The second-order valence-corrected chi connectivity index (χ2v) is 5.69. The van der Waals surface area contributed by atoms with Crippen LogP contribution in [0.2, 0.25) is 0 Å². The van der Waals surface area contributed by atoms with E-state index in [2.05, 4.69) is 38.1 Å². The summed E-state index contributed by atoms with van der Waals surface area (Å²) in [5, 5.41) is 0. The van der Waals surface area contributed by atoms with E-state index in [-0.39, 0.29) is 24.6 Å². The Labute approximate surface area is 127 Å². The van der Waals surface area contributed by atoms with Gasteiger partial charge in [-0.3, -0.25) is 4.79 Å². The number of hydrogen-bond donors (Lipinski definition) is 0. The van der Waals surface area contributed by atoms with E-state index < -0.39 is 0 Å². The Morgan fingerprint density at radius 3 is 2.62 bits per heavy atom. The van der Waals surface area contributed by atoms with Gasteiger partial charge in [-0.2, -0.15) is 0 Å². The maximum absolute atomic E-state index is 12.4. The van der Waals surface area contributed by atoms with E-state index in [9.17, 15) is 4.79 Å². The van der Waals surface area contributed by atoms with Crippen LogP contribution < -0.4 is 0 Å². The minimum Gasteiger partial charge on any atom is -0.382 e. The van der Waals surface area contributed by atoms with Gasteiger partial charge in [0, 0.05) is 25.1 Å². The molecule has 1 aliphatic heterocycles. The molecule has 1 aromatic rings. The molecule has 0 bridgehead atoms. The molecule has 21 heavy (non-hydrogen) atoms. The molecule has 0 unspecified atom stereocenters. The van der Waals surface area contributed by atoms with Crippen molar-refractivity contribution in [2.45, 2.75) is 38.3 Å². The predicted molar refractivity (Wildman–Crippen MR) is 82.3 cm³/mol. The molecule has 1 saturated heterocycles. The summed E-state index contributed by atoms with van der Waals surface area (Å²) in [5.41, 5.74) is 1.31. The average Bonchev–Trinajstić information content (AvgIpc) is 2.79. The minimum atomic E-state index is 0.0736. The van der Waals surface area contributed by atoms with Gasteiger partial charge in [0.15, 0.2) is 0 Å². The lowest BCUT2D eigenvalue weighted by atomic mass is 9.92. The fourth-order valence-electron chi connectivity index (χ4n) is 3.24. The first-order valence-electron chi connectivity index (χ1n) is 7.58. The third kappa shape index (κ3) is 3.83. The average molecular weight is 291 g/mol. The maximum atomic E-state index is 12.4. The van der Waals surface area contributed by atoms with Crippen molar-refractivity contribution in [3.05, 3.63) is 35.9 Å². The summed E-state index contributed by atoms with van der Waals surface area (Å²) >= 11 is 0. The molecule has 116 valence electrons. The SMILES string of the molecule is COCCOCC(=O)N1[C@H](C)C[C@@H](c2ccccc2)[C@@H]1C. The summed E-state index contributed by atoms with van der Waals surface area (Å²) in [6, 6.07) is 10.9. The lowest BCUT2D eigenvalue weighted by molar-refractivity contribution is -0.139. The van der Waals surface area contributed by atoms with Crippen LogP contribution in [0.5, 0.6) is 0 Å². The molecule has 1 amide bonds. The van der Waals surface area contributed by atoms with Crippen LogP contribution in [0, 0.1) is 0 Å². The molecule has 1 aliphatic rings. The molecule has 1 fully saturated rings. The molecular formula is C17H25NO3. The van der Waals surface area contributed by atoms with Crippen LogP contribution >= 0.6 is 0 Å². The van der Waals surface area contributed by atoms with Gasteiger partial charge in [-0.15, -0.1) is 0 Å². The Hall–Kier alpha value is -1.39. The molecule has 1 aromatic carbocycles. The van der Waals surface area contributed by atoms with Gasteiger partial charge < -0.3 is 14.4 Å². The van der Waals surface area contributed by atoms with Crippen LogP contribution in [0.4, 0.5) is 0 Å². The summed E-state index contributed by atoms with van der Waals surface area (Å²) in [6.07, 6.45) is 1.01. The van der Waals surface area contributed by atoms with Gasteiger partial charge in [0.25, 0.3) is 0 Å². The molecule has 0 N–H and O–H groups in total. The topological polar surface area (TPSA) is 38.8 Å². The van der Waals surface area contributed by atoms with Crippen molar-refractivity contribution in [2.24, 2.45) is 0 Å². The molecule has 1 heterocycles. The number of amides is 1. The first-order valence-corrected chi connectivity index (χ1v) is 7.58. The summed E-state index contributed by atoms with van der Waals surface area (Å²) in [4.78, 5) is 14.3. The highest BCUT2D eigenvalue weighted by Gasteiger charge is 2.39. The standard InChI is InChI=1S/C17H25NO3/c1-13-11-16(15-7-5-4-6-8-15)14(2)18(13)17(19)12-21-10-9-20-3/h4-8,13-14,16H,9-12H2,1-3H3/t13-,14+,16-/m1/s1. The van der Waals surface area contributed by atoms with E-state index in [0.29, 0.717) is 19.1 Å². The lowest BCUT2D eigenvalue weighted by Crippen LogP contribution is -2.41. The van der Waals surface area contributed by atoms with E-state index in [1.807, 2.05) is 11.0 Å². The van der Waals surface area contributed by atoms with E-state index in [4.69, 9.17) is 9.47 Å². The summed E-state index contributed by atoms with van der Waals surface area (Å²) in [7, 11) is 1.63. The normalized spacial score (nSPS) is 25.3. The van der Waals surface area contributed by atoms with Crippen LogP contribution in [-0.4, -0.2) is 49.8 Å². The molecule has 0 aromatic heterocycles. The Kier molecular flexibility index (Phi) is 5.76. The third-order valence-electron chi connectivity index (χ3n) is 4.26. The lowest BCUT2D eigenvalue weighted by Gasteiger charge is -2.28. The zero-order valence-electron chi connectivity index (χ0n) is 13.1. The number of nitrogens with zero attached hydrogens (tertiary/aromatic N) is 1. The molecule has 0 radical (unpaired) electrons. The van der Waals surface area contributed by atoms with Crippen LogP contribution in [-0.2, 0) is 14.3 Å². The van der Waals surface area contributed by atoms with E-state index in [1.54, 1.807) is 7.11 Å². The van der Waals surface area contributed by atoms with Crippen molar-refractivity contribution in [3.63, 3.8) is 0 Å². The van der Waals surface area contributed by atoms with Gasteiger partial charge in [0.2, 0.25) is 5.91 Å². The number of carbonyl (C=O) groups is 1. The second kappa shape index (κ2) is 7.57. The van der Waals surface area contributed by atoms with Crippen LogP contribution in [0.1, 0.15) is 31.7 Å². The molecule has 0 spiro atoms. The van der Waals surface area contributed by atoms with Gasteiger partial charge in [-0.25, -0.2) is 0 Å². The predicted octanol–water partition coefficient (Wildman–Crippen LogP) is 2.44. The molecule has 4 heteroatoms. The third-order valence-corrected chi connectivity index (χ3v) is 4.26. The van der Waals surface area contributed by atoms with Gasteiger partial charge in [-0.1, -0.05) is 30.3 Å². The van der Waals surface area contributed by atoms with Crippen molar-refractivity contribution in [1.82, 2.24) is 4.90 Å². The number of hydrogen-bond acceptors (Lipinski definition) is 3. The first kappa shape index (κ1) is 16.0. The van der Waals surface area contributed by atoms with Crippen molar-refractivity contribution < 1.29 is 14.3 Å². The smallest absolute Gasteiger partial charge is 0.249 e. The van der Waals surface area contributed by atoms with Crippen LogP contribution in [0.3, 0.4) is 0 Å². The van der Waals surface area contributed by atoms with Crippen molar-refractivity contribution >= 4 is 5.91 Å². The Morgan fingerprint density at radius 2 is 1.95 bits per heavy atom. The quantitative estimate of drug-likeness (QED) is 0.756. The zero-order chi connectivity index (χ0) is 15.2. The monoisotopic (exact) mass is 291 g/mol. The highest BCUT2D eigenvalue weighted by molar-refractivity contribution is 5.78. The molecular weight excluding hydrogens is 266 g/mol. The molecule has 2 rings (SSSR count). The number of ether oxygens (including phenoxy) is 2. The van der Waals surface area contributed by atoms with Crippen molar-refractivity contribution in [3.8, 4) is 0 Å². The Balaban J connectivity index is 1.96. The molecule has 3 atom stereocenters. The van der Waals surface area contributed by atoms with Crippen molar-refractivity contribution in [1.29, 1.82) is 0 Å². The van der Waals surface area contributed by atoms with Gasteiger partial charge in [-0.05, 0) is 25.8 Å². The molecule has 0 saturated carbocycles. The minimum absolute atomic E-state index is 0.0736. The zero-order valence-corrected chi connectivity index (χ0v) is 13.1. The largest absolute Gasteiger partial charge is 0.382 e. The highest BCUT2D eigenvalue weighted by Crippen LogP contribution is 2.37. The Morgan fingerprint density at radius 1 is 1.24 bits per heavy atom. The fourth-order valence-corrected chi connectivity index (χ4v) is 3.24. The summed E-state index contributed by atoms with van der Waals surface area (Å²) in [6.45, 7) is 5.37. The highest BCUT2D eigenvalue weighted by atomic mass is 16.5. The molecule has 4 nitrogen and oxygen atoms in total. The van der Waals surface area contributed by atoms with Gasteiger partial charge in [0.1, 0.15) is 6.61 Å². The van der Waals surface area contributed by atoms with E-state index >= 15 is 0 Å². The van der Waals surface area contributed by atoms with Gasteiger partial charge in [0.05, 0.1) is 13.2 Å². The van der Waals surface area contributed by atoms with Crippen LogP contribution in [0.25, 0.3) is 0 Å². The number of carbonyl (C=O) groups excluding carboxylic acids is 1. The second-order valence-electron chi connectivity index (χ2n) is 5.69. The van der Waals surface area contributed by atoms with Gasteiger partial charge >= 0.3 is 0 Å². The van der Waals surface area contributed by atoms with Crippen molar-refractivity contribution in [2.75, 3.05) is 26.9 Å². The summed E-state index contributed by atoms with van der Waals surface area (Å²) < 4.78 is 10.3. The first-order chi connectivity index (χ1) is 10.1. The number of rotatable bonds is 6. The fraction of sp³-hybridized carbons (Fsp3) is 0.588. The van der Waals surface area contributed by atoms with E-state index in [0.717, 1.165) is 6.42 Å². The number of benzene rings is 1. The van der Waals surface area contributed by atoms with Crippen LogP contribution in [0.15, 0.2) is 30.3 Å². The maximum Gasteiger partial charge on any atom is 0.249 e. The van der Waals surface area contributed by atoms with E-state index in [1.165, 1.54) is 5.56 Å².